The zero-order chi connectivity index (χ0) is 25.7. The third-order valence-corrected chi connectivity index (χ3v) is 6.95. The smallest absolute Gasteiger partial charge is 0.338 e. The highest BCUT2D eigenvalue weighted by Crippen LogP contribution is 2.44. The van der Waals surface area contributed by atoms with Gasteiger partial charge in [0.15, 0.2) is 5.17 Å². The number of aliphatic imine (C=N–C) groups is 1. The molecule has 2 aromatic rings. The van der Waals surface area contributed by atoms with Gasteiger partial charge in [-0.3, -0.25) is 4.79 Å². The Kier molecular flexibility index (Phi) is 8.28. The lowest BCUT2D eigenvalue weighted by Gasteiger charge is -2.36. The fraction of sp³-hybridized carbons (Fsp3) is 0.321. The normalized spacial score (nSPS) is 17.0. The van der Waals surface area contributed by atoms with E-state index in [1.165, 1.54) is 17.3 Å². The molecule has 0 fully saturated rings. The van der Waals surface area contributed by atoms with Gasteiger partial charge in [0.25, 0.3) is 0 Å². The molecule has 2 aliphatic rings. The molecule has 1 N–H and O–H groups in total. The van der Waals surface area contributed by atoms with Crippen LogP contribution in [0.1, 0.15) is 50.3 Å². The molecule has 1 amide bonds. The summed E-state index contributed by atoms with van der Waals surface area (Å²) < 4.78 is 10.5. The van der Waals surface area contributed by atoms with Gasteiger partial charge in [0.2, 0.25) is 5.91 Å². The maximum Gasteiger partial charge on any atom is 0.338 e. The molecule has 8 heteroatoms. The van der Waals surface area contributed by atoms with Crippen molar-refractivity contribution in [3.05, 3.63) is 88.1 Å². The van der Waals surface area contributed by atoms with Crippen LogP contribution in [0.25, 0.3) is 0 Å². The second-order valence-corrected chi connectivity index (χ2v) is 9.77. The number of amidine groups is 1. The Bertz CT molecular complexity index is 1200. The summed E-state index contributed by atoms with van der Waals surface area (Å²) in [6.45, 7) is 6.55. The van der Waals surface area contributed by atoms with Gasteiger partial charge in [0.05, 0.1) is 30.3 Å². The summed E-state index contributed by atoms with van der Waals surface area (Å²) >= 11 is 1.45. The highest BCUT2D eigenvalue weighted by Gasteiger charge is 2.41. The molecule has 0 radical (unpaired) electrons. The van der Waals surface area contributed by atoms with Gasteiger partial charge < -0.3 is 19.7 Å². The molecule has 2 heterocycles. The Morgan fingerprint density at radius 3 is 2.47 bits per heavy atom. The number of carbonyl (C=O) groups excluding carboxylic acids is 2. The average molecular weight is 506 g/mol. The van der Waals surface area contributed by atoms with Crippen molar-refractivity contribution in [2.75, 3.05) is 25.6 Å². The molecule has 0 bridgehead atoms. The van der Waals surface area contributed by atoms with E-state index in [1.807, 2.05) is 71.8 Å². The third-order valence-electron chi connectivity index (χ3n) is 6.06. The molecule has 0 spiro atoms. The summed E-state index contributed by atoms with van der Waals surface area (Å²) in [4.78, 5) is 32.8. The molecule has 2 aromatic carbocycles. The molecule has 4 rings (SSSR count). The molecule has 0 aromatic heterocycles. The number of fused-ring (bicyclic) bond motifs is 1. The van der Waals surface area contributed by atoms with Gasteiger partial charge in [0.1, 0.15) is 6.61 Å². The molecule has 7 nitrogen and oxygen atoms in total. The molecule has 0 unspecified atom stereocenters. The second kappa shape index (κ2) is 11.6. The summed E-state index contributed by atoms with van der Waals surface area (Å²) in [5, 5.41) is 5.66. The van der Waals surface area contributed by atoms with Crippen molar-refractivity contribution in [1.82, 2.24) is 4.90 Å². The Labute approximate surface area is 216 Å². The van der Waals surface area contributed by atoms with Crippen LogP contribution in [-0.4, -0.2) is 42.3 Å². The Balaban J connectivity index is 1.57. The fourth-order valence-corrected chi connectivity index (χ4v) is 5.16. The number of carbonyl (C=O) groups is 2. The molecule has 188 valence electrons. The first-order valence-corrected chi connectivity index (χ1v) is 12.8. The second-order valence-electron chi connectivity index (χ2n) is 8.93. The molecule has 1 atom stereocenters. The van der Waals surface area contributed by atoms with Gasteiger partial charge in [-0.1, -0.05) is 68.1 Å². The number of allylic oxidation sites excluding steroid dienone is 1. The number of hydrogen-bond donors (Lipinski definition) is 1. The SMILES string of the molecule is COCCOC(=O)C1=C(C)N=C2SC=C(CC(=O)Nc3ccc(C(C)C)cc3)N2[C@@H]1c1ccccc1. The summed E-state index contributed by atoms with van der Waals surface area (Å²) in [6, 6.07) is 17.2. The number of anilines is 1. The standard InChI is InChI=1S/C28H31N3O4S/c1-18(2)20-10-12-22(13-11-20)30-24(32)16-23-17-36-28-29-19(3)25(27(33)35-15-14-34-4)26(31(23)28)21-8-6-5-7-9-21/h5-13,17-18,26H,14-16H2,1-4H3,(H,30,32)/t26-/m1/s1. The van der Waals surface area contributed by atoms with Gasteiger partial charge in [0, 0.05) is 18.5 Å². The van der Waals surface area contributed by atoms with Crippen LogP contribution in [-0.2, 0) is 19.1 Å². The van der Waals surface area contributed by atoms with Crippen LogP contribution in [0.15, 0.2) is 82.0 Å². The zero-order valence-corrected chi connectivity index (χ0v) is 21.8. The average Bonchev–Trinajstić information content (AvgIpc) is 3.25. The predicted octanol–water partition coefficient (Wildman–Crippen LogP) is 5.60. The molecule has 2 aliphatic heterocycles. The van der Waals surface area contributed by atoms with E-state index < -0.39 is 12.0 Å². The summed E-state index contributed by atoms with van der Waals surface area (Å²) in [6.07, 6.45) is 0.145. The Morgan fingerprint density at radius 2 is 1.81 bits per heavy atom. The molecular formula is C28H31N3O4S. The number of methoxy groups -OCH3 is 1. The van der Waals surface area contributed by atoms with Crippen molar-refractivity contribution in [2.24, 2.45) is 4.99 Å². The first-order chi connectivity index (χ1) is 17.4. The molecule has 0 aliphatic carbocycles. The van der Waals surface area contributed by atoms with Crippen LogP contribution in [0.4, 0.5) is 5.69 Å². The van der Waals surface area contributed by atoms with Gasteiger partial charge in [-0.25, -0.2) is 9.79 Å². The van der Waals surface area contributed by atoms with Crippen molar-refractivity contribution in [3.63, 3.8) is 0 Å². The van der Waals surface area contributed by atoms with Crippen LogP contribution in [0.3, 0.4) is 0 Å². The van der Waals surface area contributed by atoms with E-state index in [0.29, 0.717) is 23.8 Å². The van der Waals surface area contributed by atoms with Gasteiger partial charge in [-0.05, 0) is 41.5 Å². The van der Waals surface area contributed by atoms with Crippen LogP contribution >= 0.6 is 11.8 Å². The van der Waals surface area contributed by atoms with Crippen molar-refractivity contribution in [3.8, 4) is 0 Å². The number of benzene rings is 2. The lowest BCUT2D eigenvalue weighted by atomic mass is 9.94. The topological polar surface area (TPSA) is 80.2 Å². The van der Waals surface area contributed by atoms with Gasteiger partial charge >= 0.3 is 5.97 Å². The maximum atomic E-state index is 13.2. The number of ether oxygens (including phenoxy) is 2. The van der Waals surface area contributed by atoms with Crippen molar-refractivity contribution < 1.29 is 19.1 Å². The Morgan fingerprint density at radius 1 is 1.08 bits per heavy atom. The van der Waals surface area contributed by atoms with Crippen molar-refractivity contribution >= 4 is 34.5 Å². The monoisotopic (exact) mass is 505 g/mol. The van der Waals surface area contributed by atoms with E-state index in [4.69, 9.17) is 9.47 Å². The Hall–Kier alpha value is -3.36. The molecule has 36 heavy (non-hydrogen) atoms. The lowest BCUT2D eigenvalue weighted by Crippen LogP contribution is -2.37. The van der Waals surface area contributed by atoms with E-state index in [0.717, 1.165) is 22.1 Å². The summed E-state index contributed by atoms with van der Waals surface area (Å²) in [7, 11) is 1.56. The lowest BCUT2D eigenvalue weighted by molar-refractivity contribution is -0.141. The van der Waals surface area contributed by atoms with E-state index >= 15 is 0 Å². The number of nitrogens with zero attached hydrogens (tertiary/aromatic N) is 2. The van der Waals surface area contributed by atoms with Crippen LogP contribution in [0.2, 0.25) is 0 Å². The predicted molar refractivity (Wildman–Crippen MR) is 143 cm³/mol. The van der Waals surface area contributed by atoms with E-state index in [9.17, 15) is 9.59 Å². The summed E-state index contributed by atoms with van der Waals surface area (Å²) in [5.41, 5.74) is 4.73. The van der Waals surface area contributed by atoms with Gasteiger partial charge in [-0.15, -0.1) is 0 Å². The quantitative estimate of drug-likeness (QED) is 0.353. The highest BCUT2D eigenvalue weighted by molar-refractivity contribution is 8.16. The van der Waals surface area contributed by atoms with Gasteiger partial charge in [-0.2, -0.15) is 0 Å². The number of esters is 1. The largest absolute Gasteiger partial charge is 0.460 e. The highest BCUT2D eigenvalue weighted by atomic mass is 32.2. The van der Waals surface area contributed by atoms with E-state index in [2.05, 4.69) is 24.2 Å². The summed E-state index contributed by atoms with van der Waals surface area (Å²) in [5.74, 6) is -0.149. The molecule has 0 saturated heterocycles. The number of hydrogen-bond acceptors (Lipinski definition) is 7. The van der Waals surface area contributed by atoms with Crippen molar-refractivity contribution in [2.45, 2.75) is 39.2 Å². The first kappa shape index (κ1) is 25.7. The van der Waals surface area contributed by atoms with Crippen LogP contribution in [0, 0.1) is 0 Å². The number of rotatable bonds is 9. The molecule has 0 saturated carbocycles. The third kappa shape index (κ3) is 5.71. The van der Waals surface area contributed by atoms with E-state index in [1.54, 1.807) is 7.11 Å². The molecular weight excluding hydrogens is 474 g/mol. The minimum Gasteiger partial charge on any atom is -0.460 e. The number of nitrogens with one attached hydrogen (secondary N) is 1. The number of amides is 1. The van der Waals surface area contributed by atoms with Crippen molar-refractivity contribution in [1.29, 1.82) is 0 Å². The van der Waals surface area contributed by atoms with Crippen LogP contribution < -0.4 is 5.32 Å². The number of thioether (sulfide) groups is 1. The zero-order valence-electron chi connectivity index (χ0n) is 21.0. The fourth-order valence-electron chi connectivity index (χ4n) is 4.20. The van der Waals surface area contributed by atoms with E-state index in [-0.39, 0.29) is 18.9 Å². The van der Waals surface area contributed by atoms with Crippen LogP contribution in [0.5, 0.6) is 0 Å². The minimum absolute atomic E-state index is 0.136. The maximum absolute atomic E-state index is 13.2. The minimum atomic E-state index is -0.451. The first-order valence-electron chi connectivity index (χ1n) is 11.9.